The molecule has 27 heavy (non-hydrogen) atoms. The van der Waals surface area contributed by atoms with Crippen molar-refractivity contribution < 1.29 is 9.18 Å². The lowest BCUT2D eigenvalue weighted by Crippen LogP contribution is -2.53. The summed E-state index contributed by atoms with van der Waals surface area (Å²) in [6.07, 6.45) is 5.65. The van der Waals surface area contributed by atoms with Gasteiger partial charge in [0, 0.05) is 44.7 Å². The number of piperazine rings is 1. The Balaban J connectivity index is 0.00000210. The smallest absolute Gasteiger partial charge is 0.225 e. The molecule has 2 aliphatic carbocycles. The number of amides is 1. The zero-order valence-electron chi connectivity index (χ0n) is 15.9. The molecule has 2 unspecified atom stereocenters. The van der Waals surface area contributed by atoms with Crippen LogP contribution in [-0.4, -0.2) is 47.9 Å². The molecule has 2 bridgehead atoms. The molecule has 4 rings (SSSR count). The van der Waals surface area contributed by atoms with Crippen LogP contribution < -0.4 is 5.73 Å². The molecule has 3 fully saturated rings. The number of hydrogen-bond acceptors (Lipinski definition) is 3. The Morgan fingerprint density at radius 3 is 2.41 bits per heavy atom. The summed E-state index contributed by atoms with van der Waals surface area (Å²) in [4.78, 5) is 17.4. The normalized spacial score (nSPS) is 31.3. The summed E-state index contributed by atoms with van der Waals surface area (Å²) in [5, 5.41) is 0. The van der Waals surface area contributed by atoms with Crippen LogP contribution >= 0.6 is 12.4 Å². The standard InChI is InChI=1S/C21H30FN3O.ClH/c22-19-6-1-3-15(11-19)14-24-7-9-25(10-8-24)21(26)18-12-16-4-2-5-17(13-18)20(16)23;/h1,3,6,11,16-18,20H,2,4-5,7-10,12-14,23H2;1H. The number of carbonyl (C=O) groups is 1. The molecule has 1 aromatic rings. The van der Waals surface area contributed by atoms with E-state index < -0.39 is 0 Å². The highest BCUT2D eigenvalue weighted by Gasteiger charge is 2.41. The number of nitrogens with zero attached hydrogens (tertiary/aromatic N) is 2. The lowest BCUT2D eigenvalue weighted by molar-refractivity contribution is -0.140. The van der Waals surface area contributed by atoms with Gasteiger partial charge in [0.2, 0.25) is 5.91 Å². The zero-order valence-corrected chi connectivity index (χ0v) is 16.7. The molecule has 2 N–H and O–H groups in total. The SMILES string of the molecule is Cl.NC1C2CCCC1CC(C(=O)N1CCN(Cc3cccc(F)c3)CC1)C2. The maximum Gasteiger partial charge on any atom is 0.225 e. The third kappa shape index (κ3) is 4.64. The Kier molecular flexibility index (Phi) is 6.77. The van der Waals surface area contributed by atoms with Crippen LogP contribution in [0.1, 0.15) is 37.7 Å². The summed E-state index contributed by atoms with van der Waals surface area (Å²) in [5.74, 6) is 1.44. The Morgan fingerprint density at radius 1 is 1.11 bits per heavy atom. The second-order valence-corrected chi connectivity index (χ2v) is 8.43. The molecule has 0 radical (unpaired) electrons. The topological polar surface area (TPSA) is 49.6 Å². The minimum atomic E-state index is -0.183. The third-order valence-electron chi connectivity index (χ3n) is 6.74. The van der Waals surface area contributed by atoms with Gasteiger partial charge < -0.3 is 10.6 Å². The summed E-state index contributed by atoms with van der Waals surface area (Å²) in [7, 11) is 0. The number of carbonyl (C=O) groups excluding carboxylic acids is 1. The Labute approximate surface area is 167 Å². The number of hydrogen-bond donors (Lipinski definition) is 1. The van der Waals surface area contributed by atoms with Gasteiger partial charge in [-0.15, -0.1) is 12.4 Å². The van der Waals surface area contributed by atoms with Crippen molar-refractivity contribution in [3.63, 3.8) is 0 Å². The van der Waals surface area contributed by atoms with Gasteiger partial charge in [-0.05, 0) is 55.2 Å². The molecular formula is C21H31ClFN3O. The van der Waals surface area contributed by atoms with E-state index in [-0.39, 0.29) is 24.1 Å². The van der Waals surface area contributed by atoms with Crippen LogP contribution in [0.3, 0.4) is 0 Å². The second kappa shape index (κ2) is 8.89. The van der Waals surface area contributed by atoms with E-state index in [2.05, 4.69) is 9.80 Å². The van der Waals surface area contributed by atoms with Crippen LogP contribution in [-0.2, 0) is 11.3 Å². The van der Waals surface area contributed by atoms with Crippen molar-refractivity contribution in [3.05, 3.63) is 35.6 Å². The van der Waals surface area contributed by atoms with E-state index in [4.69, 9.17) is 5.73 Å². The van der Waals surface area contributed by atoms with E-state index in [1.807, 2.05) is 6.07 Å². The highest BCUT2D eigenvalue weighted by Crippen LogP contribution is 2.42. The zero-order chi connectivity index (χ0) is 18.1. The number of benzene rings is 1. The van der Waals surface area contributed by atoms with Crippen molar-refractivity contribution in [1.29, 1.82) is 0 Å². The minimum absolute atomic E-state index is 0. The summed E-state index contributed by atoms with van der Waals surface area (Å²) >= 11 is 0. The fraction of sp³-hybridized carbons (Fsp3) is 0.667. The monoisotopic (exact) mass is 395 g/mol. The molecular weight excluding hydrogens is 365 g/mol. The number of halogens is 2. The van der Waals surface area contributed by atoms with Crippen molar-refractivity contribution in [2.75, 3.05) is 26.2 Å². The quantitative estimate of drug-likeness (QED) is 0.855. The first-order valence-corrected chi connectivity index (χ1v) is 10.1. The van der Waals surface area contributed by atoms with Gasteiger partial charge >= 0.3 is 0 Å². The molecule has 3 aliphatic rings. The lowest BCUT2D eigenvalue weighted by atomic mass is 9.65. The van der Waals surface area contributed by atoms with Crippen molar-refractivity contribution in [1.82, 2.24) is 9.80 Å². The van der Waals surface area contributed by atoms with Crippen molar-refractivity contribution in [3.8, 4) is 0 Å². The Bertz CT molecular complexity index is 636. The predicted octanol–water partition coefficient (Wildman–Crippen LogP) is 3.05. The average molecular weight is 396 g/mol. The predicted molar refractivity (Wildman–Crippen MR) is 107 cm³/mol. The molecule has 1 aliphatic heterocycles. The Morgan fingerprint density at radius 2 is 1.78 bits per heavy atom. The highest BCUT2D eigenvalue weighted by molar-refractivity contribution is 5.85. The largest absolute Gasteiger partial charge is 0.340 e. The average Bonchev–Trinajstić information content (AvgIpc) is 2.62. The fourth-order valence-corrected chi connectivity index (χ4v) is 5.27. The second-order valence-electron chi connectivity index (χ2n) is 8.43. The third-order valence-corrected chi connectivity index (χ3v) is 6.74. The van der Waals surface area contributed by atoms with Crippen molar-refractivity contribution in [2.45, 2.75) is 44.7 Å². The van der Waals surface area contributed by atoms with Gasteiger partial charge in [-0.3, -0.25) is 9.69 Å². The van der Waals surface area contributed by atoms with Crippen LogP contribution in [0.4, 0.5) is 4.39 Å². The molecule has 4 nitrogen and oxygen atoms in total. The first-order valence-electron chi connectivity index (χ1n) is 10.1. The maximum atomic E-state index is 13.3. The van der Waals surface area contributed by atoms with Crippen LogP contribution in [0, 0.1) is 23.6 Å². The summed E-state index contributed by atoms with van der Waals surface area (Å²) in [6, 6.07) is 7.11. The van der Waals surface area contributed by atoms with E-state index in [9.17, 15) is 9.18 Å². The molecule has 0 aromatic heterocycles. The van der Waals surface area contributed by atoms with E-state index in [1.165, 1.54) is 25.3 Å². The molecule has 6 heteroatoms. The Hall–Kier alpha value is -1.17. The van der Waals surface area contributed by atoms with Crippen LogP contribution in [0.25, 0.3) is 0 Å². The summed E-state index contributed by atoms with van der Waals surface area (Å²) in [6.45, 7) is 4.04. The van der Waals surface area contributed by atoms with Crippen LogP contribution in [0.5, 0.6) is 0 Å². The minimum Gasteiger partial charge on any atom is -0.340 e. The van der Waals surface area contributed by atoms with Gasteiger partial charge in [0.1, 0.15) is 5.82 Å². The van der Waals surface area contributed by atoms with E-state index in [0.29, 0.717) is 23.8 Å². The van der Waals surface area contributed by atoms with E-state index in [1.54, 1.807) is 12.1 Å². The van der Waals surface area contributed by atoms with E-state index in [0.717, 1.165) is 51.1 Å². The summed E-state index contributed by atoms with van der Waals surface area (Å²) < 4.78 is 13.3. The van der Waals surface area contributed by atoms with Crippen molar-refractivity contribution in [2.24, 2.45) is 23.5 Å². The fourth-order valence-electron chi connectivity index (χ4n) is 5.27. The number of nitrogens with two attached hydrogens (primary N) is 1. The van der Waals surface area contributed by atoms with Crippen LogP contribution in [0.15, 0.2) is 24.3 Å². The van der Waals surface area contributed by atoms with Gasteiger partial charge in [0.15, 0.2) is 0 Å². The lowest BCUT2D eigenvalue weighted by Gasteiger charge is -2.45. The van der Waals surface area contributed by atoms with Gasteiger partial charge in [0.25, 0.3) is 0 Å². The molecule has 0 spiro atoms. The van der Waals surface area contributed by atoms with Crippen molar-refractivity contribution >= 4 is 18.3 Å². The maximum absolute atomic E-state index is 13.3. The number of rotatable bonds is 3. The molecule has 2 atom stereocenters. The van der Waals surface area contributed by atoms with Gasteiger partial charge in [-0.2, -0.15) is 0 Å². The highest BCUT2D eigenvalue weighted by atomic mass is 35.5. The van der Waals surface area contributed by atoms with Crippen LogP contribution in [0.2, 0.25) is 0 Å². The first-order chi connectivity index (χ1) is 12.6. The molecule has 2 saturated carbocycles. The van der Waals surface area contributed by atoms with Gasteiger partial charge in [0.05, 0.1) is 0 Å². The molecule has 1 amide bonds. The molecule has 1 aromatic carbocycles. The van der Waals surface area contributed by atoms with Gasteiger partial charge in [-0.25, -0.2) is 4.39 Å². The number of fused-ring (bicyclic) bond motifs is 2. The van der Waals surface area contributed by atoms with E-state index >= 15 is 0 Å². The molecule has 1 saturated heterocycles. The van der Waals surface area contributed by atoms with Gasteiger partial charge in [-0.1, -0.05) is 18.6 Å². The first kappa shape index (κ1) is 20.6. The summed E-state index contributed by atoms with van der Waals surface area (Å²) in [5.41, 5.74) is 7.37. The molecule has 1 heterocycles. The molecule has 150 valence electrons.